The number of hydrogen-bond acceptors (Lipinski definition) is 2. The van der Waals surface area contributed by atoms with Crippen LogP contribution in [0.25, 0.3) is 6.08 Å². The lowest BCUT2D eigenvalue weighted by Crippen LogP contribution is -1.92. The average molecular weight is 163 g/mol. The van der Waals surface area contributed by atoms with Crippen LogP contribution in [0.1, 0.15) is 11.1 Å². The summed E-state index contributed by atoms with van der Waals surface area (Å²) in [7, 11) is 0. The first kappa shape index (κ1) is 8.97. The summed E-state index contributed by atoms with van der Waals surface area (Å²) in [6, 6.07) is 7.72. The highest BCUT2D eigenvalue weighted by molar-refractivity contribution is 5.50. The molecule has 0 radical (unpaired) electrons. The second kappa shape index (κ2) is 4.70. The van der Waals surface area contributed by atoms with E-state index >= 15 is 0 Å². The Bertz CT molecular complexity index is 268. The van der Waals surface area contributed by atoms with E-state index in [4.69, 9.17) is 10.8 Å². The summed E-state index contributed by atoms with van der Waals surface area (Å²) in [5.74, 6) is 0. The number of benzene rings is 1. The van der Waals surface area contributed by atoms with Gasteiger partial charge in [0, 0.05) is 6.54 Å². The normalized spacial score (nSPS) is 10.8. The topological polar surface area (TPSA) is 46.2 Å². The smallest absolute Gasteiger partial charge is 0.0682 e. The SMILES string of the molecule is NCC=Cc1cccc(CO)c1. The van der Waals surface area contributed by atoms with Gasteiger partial charge in [0.15, 0.2) is 0 Å². The molecule has 1 rings (SSSR count). The number of aliphatic hydroxyl groups excluding tert-OH is 1. The first-order valence-corrected chi connectivity index (χ1v) is 3.93. The van der Waals surface area contributed by atoms with Gasteiger partial charge in [-0.1, -0.05) is 30.4 Å². The molecule has 64 valence electrons. The molecule has 0 saturated carbocycles. The zero-order valence-electron chi connectivity index (χ0n) is 6.90. The molecule has 3 N–H and O–H groups in total. The quantitative estimate of drug-likeness (QED) is 0.702. The summed E-state index contributed by atoms with van der Waals surface area (Å²) >= 11 is 0. The molecule has 0 spiro atoms. The predicted molar refractivity (Wildman–Crippen MR) is 50.5 cm³/mol. The molecule has 0 bridgehead atoms. The molecule has 1 aromatic carbocycles. The van der Waals surface area contributed by atoms with Crippen LogP contribution < -0.4 is 5.73 Å². The van der Waals surface area contributed by atoms with Gasteiger partial charge in [0.05, 0.1) is 6.61 Å². The first-order valence-electron chi connectivity index (χ1n) is 3.93. The predicted octanol–water partition coefficient (Wildman–Crippen LogP) is 1.15. The largest absolute Gasteiger partial charge is 0.392 e. The molecule has 0 heterocycles. The van der Waals surface area contributed by atoms with E-state index in [1.807, 2.05) is 36.4 Å². The molecule has 1 aromatic rings. The van der Waals surface area contributed by atoms with Crippen LogP contribution >= 0.6 is 0 Å². The van der Waals surface area contributed by atoms with Crippen molar-refractivity contribution < 1.29 is 5.11 Å². The fraction of sp³-hybridized carbons (Fsp3) is 0.200. The van der Waals surface area contributed by atoms with Crippen molar-refractivity contribution >= 4 is 6.08 Å². The Morgan fingerprint density at radius 3 is 2.92 bits per heavy atom. The Kier molecular flexibility index (Phi) is 3.51. The second-order valence-corrected chi connectivity index (χ2v) is 2.54. The number of nitrogens with two attached hydrogens (primary N) is 1. The van der Waals surface area contributed by atoms with Crippen LogP contribution in [0.5, 0.6) is 0 Å². The van der Waals surface area contributed by atoms with Crippen LogP contribution in [0.15, 0.2) is 30.3 Å². The van der Waals surface area contributed by atoms with Gasteiger partial charge in [-0.05, 0) is 17.2 Å². The lowest BCUT2D eigenvalue weighted by atomic mass is 10.1. The van der Waals surface area contributed by atoms with Gasteiger partial charge in [0.25, 0.3) is 0 Å². The molecule has 0 aliphatic rings. The third-order valence-electron chi connectivity index (χ3n) is 1.58. The Morgan fingerprint density at radius 2 is 2.25 bits per heavy atom. The van der Waals surface area contributed by atoms with Gasteiger partial charge in [-0.15, -0.1) is 0 Å². The number of aliphatic hydroxyl groups is 1. The van der Waals surface area contributed by atoms with Crippen LogP contribution in [-0.4, -0.2) is 11.7 Å². The van der Waals surface area contributed by atoms with E-state index in [0.717, 1.165) is 11.1 Å². The van der Waals surface area contributed by atoms with Crippen molar-refractivity contribution in [2.75, 3.05) is 6.54 Å². The van der Waals surface area contributed by atoms with Crippen molar-refractivity contribution in [3.05, 3.63) is 41.5 Å². The van der Waals surface area contributed by atoms with Crippen molar-refractivity contribution in [2.45, 2.75) is 6.61 Å². The van der Waals surface area contributed by atoms with E-state index in [1.54, 1.807) is 0 Å². The van der Waals surface area contributed by atoms with Gasteiger partial charge in [0.2, 0.25) is 0 Å². The third kappa shape index (κ3) is 2.49. The minimum absolute atomic E-state index is 0.0876. The van der Waals surface area contributed by atoms with Crippen molar-refractivity contribution in [3.63, 3.8) is 0 Å². The zero-order chi connectivity index (χ0) is 8.81. The monoisotopic (exact) mass is 163 g/mol. The van der Waals surface area contributed by atoms with Crippen molar-refractivity contribution in [1.82, 2.24) is 0 Å². The summed E-state index contributed by atoms with van der Waals surface area (Å²) in [5.41, 5.74) is 7.31. The maximum Gasteiger partial charge on any atom is 0.0682 e. The Balaban J connectivity index is 2.79. The molecule has 0 unspecified atom stereocenters. The summed E-state index contributed by atoms with van der Waals surface area (Å²) in [5, 5.41) is 8.84. The van der Waals surface area contributed by atoms with E-state index in [0.29, 0.717) is 6.54 Å². The Morgan fingerprint density at radius 1 is 1.42 bits per heavy atom. The van der Waals surface area contributed by atoms with E-state index in [1.165, 1.54) is 0 Å². The number of rotatable bonds is 3. The average Bonchev–Trinajstić information content (AvgIpc) is 2.15. The lowest BCUT2D eigenvalue weighted by Gasteiger charge is -1.96. The molecule has 2 heteroatoms. The van der Waals surface area contributed by atoms with Crippen molar-refractivity contribution in [3.8, 4) is 0 Å². The van der Waals surface area contributed by atoms with Gasteiger partial charge in [-0.25, -0.2) is 0 Å². The summed E-state index contributed by atoms with van der Waals surface area (Å²) in [4.78, 5) is 0. The molecule has 2 nitrogen and oxygen atoms in total. The molecule has 0 atom stereocenters. The van der Waals surface area contributed by atoms with Gasteiger partial charge in [0.1, 0.15) is 0 Å². The third-order valence-corrected chi connectivity index (χ3v) is 1.58. The van der Waals surface area contributed by atoms with Gasteiger partial charge in [-0.2, -0.15) is 0 Å². The summed E-state index contributed by atoms with van der Waals surface area (Å²) in [6.45, 7) is 0.633. The first-order chi connectivity index (χ1) is 5.86. The highest BCUT2D eigenvalue weighted by Crippen LogP contribution is 2.06. The van der Waals surface area contributed by atoms with E-state index < -0.39 is 0 Å². The van der Waals surface area contributed by atoms with Crippen molar-refractivity contribution in [1.29, 1.82) is 0 Å². The van der Waals surface area contributed by atoms with E-state index in [2.05, 4.69) is 0 Å². The highest BCUT2D eigenvalue weighted by atomic mass is 16.3. The Hall–Kier alpha value is -1.12. The summed E-state index contributed by atoms with van der Waals surface area (Å²) in [6.07, 6.45) is 3.83. The fourth-order valence-corrected chi connectivity index (χ4v) is 0.999. The molecular weight excluding hydrogens is 150 g/mol. The molecule has 0 amide bonds. The molecule has 0 saturated heterocycles. The Labute approximate surface area is 72.3 Å². The van der Waals surface area contributed by atoms with Crippen LogP contribution in [0.4, 0.5) is 0 Å². The van der Waals surface area contributed by atoms with Crippen LogP contribution in [0.2, 0.25) is 0 Å². The van der Waals surface area contributed by atoms with Crippen LogP contribution in [-0.2, 0) is 6.61 Å². The van der Waals surface area contributed by atoms with Gasteiger partial charge >= 0.3 is 0 Å². The fourth-order valence-electron chi connectivity index (χ4n) is 0.999. The minimum Gasteiger partial charge on any atom is -0.392 e. The molecule has 0 aromatic heterocycles. The minimum atomic E-state index is 0.0876. The molecule has 0 aliphatic carbocycles. The molecule has 0 fully saturated rings. The van der Waals surface area contributed by atoms with E-state index in [9.17, 15) is 0 Å². The molecular formula is C10H13NO. The van der Waals surface area contributed by atoms with Crippen LogP contribution in [0.3, 0.4) is 0 Å². The maximum atomic E-state index is 8.84. The van der Waals surface area contributed by atoms with E-state index in [-0.39, 0.29) is 6.61 Å². The highest BCUT2D eigenvalue weighted by Gasteiger charge is 1.89. The summed E-state index contributed by atoms with van der Waals surface area (Å²) < 4.78 is 0. The molecule has 0 aliphatic heterocycles. The maximum absolute atomic E-state index is 8.84. The number of hydrogen-bond donors (Lipinski definition) is 2. The van der Waals surface area contributed by atoms with Gasteiger partial charge < -0.3 is 10.8 Å². The lowest BCUT2D eigenvalue weighted by molar-refractivity contribution is 0.282. The molecule has 12 heavy (non-hydrogen) atoms. The van der Waals surface area contributed by atoms with Crippen LogP contribution in [0, 0.1) is 0 Å². The standard InChI is InChI=1S/C10H13NO/c11-6-2-5-9-3-1-4-10(7-9)8-12/h1-5,7,12H,6,8,11H2. The van der Waals surface area contributed by atoms with Crippen molar-refractivity contribution in [2.24, 2.45) is 5.73 Å². The zero-order valence-corrected chi connectivity index (χ0v) is 6.90. The van der Waals surface area contributed by atoms with Gasteiger partial charge in [-0.3, -0.25) is 0 Å². The second-order valence-electron chi connectivity index (χ2n) is 2.54.